The second kappa shape index (κ2) is 6.54. The first-order valence-electron chi connectivity index (χ1n) is 6.03. The number of carboxylic acid groups (broad SMARTS) is 1. The van der Waals surface area contributed by atoms with Crippen LogP contribution >= 0.6 is 11.3 Å². The van der Waals surface area contributed by atoms with Crippen molar-refractivity contribution in [3.05, 3.63) is 15.8 Å². The smallest absolute Gasteiger partial charge is 0.349 e. The summed E-state index contributed by atoms with van der Waals surface area (Å²) in [6.07, 6.45) is 0. The average Bonchev–Trinajstić information content (AvgIpc) is 2.77. The first-order valence-corrected chi connectivity index (χ1v) is 8.39. The maximum atomic E-state index is 12.4. The van der Waals surface area contributed by atoms with Gasteiger partial charge in [-0.25, -0.2) is 13.2 Å². The number of carbonyl (C=O) groups is 2. The molecule has 0 fully saturated rings. The van der Waals surface area contributed by atoms with Crippen molar-refractivity contribution in [2.75, 3.05) is 7.11 Å². The summed E-state index contributed by atoms with van der Waals surface area (Å²) in [5.41, 5.74) is 0.362. The molecular formula is C12H17NO6S2. The Labute approximate surface area is 127 Å². The number of ether oxygens (including phenoxy) is 1. The fourth-order valence-electron chi connectivity index (χ4n) is 1.70. The number of rotatable bonds is 6. The Morgan fingerprint density at radius 2 is 1.95 bits per heavy atom. The standard InChI is InChI=1S/C12H17NO6S2/c1-6(2)8(11(14)15)13-21(17,18)10-7(3)5-20-9(10)12(16)19-4/h5-6,8,13H,1-4H3,(H,14,15)/t8-/m0/s1. The van der Waals surface area contributed by atoms with Crippen molar-refractivity contribution in [1.82, 2.24) is 4.72 Å². The predicted molar refractivity (Wildman–Crippen MR) is 77.0 cm³/mol. The molecule has 0 spiro atoms. The predicted octanol–water partition coefficient (Wildman–Crippen LogP) is 1.23. The molecule has 0 saturated carbocycles. The Morgan fingerprint density at radius 3 is 2.38 bits per heavy atom. The molecule has 0 bridgehead atoms. The maximum Gasteiger partial charge on any atom is 0.349 e. The molecule has 0 aliphatic heterocycles. The van der Waals surface area contributed by atoms with Crippen molar-refractivity contribution in [1.29, 1.82) is 0 Å². The molecule has 21 heavy (non-hydrogen) atoms. The molecule has 7 nitrogen and oxygen atoms in total. The van der Waals surface area contributed by atoms with Gasteiger partial charge >= 0.3 is 11.9 Å². The van der Waals surface area contributed by atoms with Gasteiger partial charge in [-0.15, -0.1) is 11.3 Å². The Hall–Kier alpha value is -1.45. The summed E-state index contributed by atoms with van der Waals surface area (Å²) < 4.78 is 31.5. The van der Waals surface area contributed by atoms with Crippen LogP contribution in [-0.2, 0) is 19.6 Å². The minimum Gasteiger partial charge on any atom is -0.480 e. The molecule has 1 aromatic heterocycles. The molecule has 0 aromatic carbocycles. The Morgan fingerprint density at radius 1 is 1.38 bits per heavy atom. The van der Waals surface area contributed by atoms with Crippen molar-refractivity contribution in [2.24, 2.45) is 5.92 Å². The highest BCUT2D eigenvalue weighted by Crippen LogP contribution is 2.28. The van der Waals surface area contributed by atoms with Crippen LogP contribution in [0.2, 0.25) is 0 Å². The number of carboxylic acids is 1. The number of hydrogen-bond acceptors (Lipinski definition) is 6. The monoisotopic (exact) mass is 335 g/mol. The largest absolute Gasteiger partial charge is 0.480 e. The number of hydrogen-bond donors (Lipinski definition) is 2. The molecule has 0 aliphatic rings. The Balaban J connectivity index is 3.29. The minimum absolute atomic E-state index is 0.0737. The number of thiophene rings is 1. The van der Waals surface area contributed by atoms with Crippen LogP contribution in [0.1, 0.15) is 29.1 Å². The fraction of sp³-hybridized carbons (Fsp3) is 0.500. The lowest BCUT2D eigenvalue weighted by Crippen LogP contribution is -2.44. The number of aryl methyl sites for hydroxylation is 1. The van der Waals surface area contributed by atoms with E-state index in [9.17, 15) is 18.0 Å². The van der Waals surface area contributed by atoms with Gasteiger partial charge in [0.1, 0.15) is 15.8 Å². The van der Waals surface area contributed by atoms with Gasteiger partial charge in [-0.2, -0.15) is 4.72 Å². The third-order valence-corrected chi connectivity index (χ3v) is 5.61. The van der Waals surface area contributed by atoms with Gasteiger partial charge in [-0.1, -0.05) is 13.8 Å². The molecule has 0 aliphatic carbocycles. The lowest BCUT2D eigenvalue weighted by molar-refractivity contribution is -0.140. The van der Waals surface area contributed by atoms with Crippen molar-refractivity contribution in [3.8, 4) is 0 Å². The number of carbonyl (C=O) groups excluding carboxylic acids is 1. The van der Waals surface area contributed by atoms with Crippen molar-refractivity contribution in [2.45, 2.75) is 31.7 Å². The molecule has 2 N–H and O–H groups in total. The highest BCUT2D eigenvalue weighted by atomic mass is 32.2. The van der Waals surface area contributed by atoms with E-state index in [1.807, 2.05) is 0 Å². The fourth-order valence-corrected chi connectivity index (χ4v) is 4.74. The highest BCUT2D eigenvalue weighted by Gasteiger charge is 2.33. The summed E-state index contributed by atoms with van der Waals surface area (Å²) in [5, 5.41) is 10.6. The van der Waals surface area contributed by atoms with Crippen LogP contribution in [-0.4, -0.2) is 38.6 Å². The number of esters is 1. The van der Waals surface area contributed by atoms with Gasteiger partial charge in [0.2, 0.25) is 10.0 Å². The van der Waals surface area contributed by atoms with E-state index in [0.717, 1.165) is 18.4 Å². The molecule has 1 atom stereocenters. The van der Waals surface area contributed by atoms with Crippen molar-refractivity contribution in [3.63, 3.8) is 0 Å². The normalized spacial score (nSPS) is 13.2. The van der Waals surface area contributed by atoms with E-state index in [-0.39, 0.29) is 9.77 Å². The number of aliphatic carboxylic acids is 1. The third kappa shape index (κ3) is 3.80. The summed E-state index contributed by atoms with van der Waals surface area (Å²) in [4.78, 5) is 22.5. The molecule has 0 unspecified atom stereocenters. The third-order valence-electron chi connectivity index (χ3n) is 2.77. The lowest BCUT2D eigenvalue weighted by Gasteiger charge is -2.18. The minimum atomic E-state index is -4.14. The van der Waals surface area contributed by atoms with Crippen molar-refractivity contribution < 1.29 is 27.9 Å². The van der Waals surface area contributed by atoms with Crippen LogP contribution in [0.5, 0.6) is 0 Å². The summed E-state index contributed by atoms with van der Waals surface area (Å²) in [7, 11) is -3.00. The zero-order valence-electron chi connectivity index (χ0n) is 12.0. The molecule has 118 valence electrons. The van der Waals surface area contributed by atoms with E-state index < -0.39 is 33.9 Å². The summed E-state index contributed by atoms with van der Waals surface area (Å²) in [6, 6.07) is -1.28. The molecule has 0 saturated heterocycles. The van der Waals surface area contributed by atoms with Crippen molar-refractivity contribution >= 4 is 33.3 Å². The van der Waals surface area contributed by atoms with E-state index in [1.54, 1.807) is 13.8 Å². The molecule has 9 heteroatoms. The van der Waals surface area contributed by atoms with Crippen LogP contribution in [0, 0.1) is 12.8 Å². The quantitative estimate of drug-likeness (QED) is 0.757. The van der Waals surface area contributed by atoms with Gasteiger partial charge in [-0.3, -0.25) is 4.79 Å². The van der Waals surface area contributed by atoms with Gasteiger partial charge < -0.3 is 9.84 Å². The second-order valence-corrected chi connectivity index (χ2v) is 7.28. The van der Waals surface area contributed by atoms with Crippen LogP contribution in [0.15, 0.2) is 10.3 Å². The first kappa shape index (κ1) is 17.6. The van der Waals surface area contributed by atoms with Gasteiger partial charge in [0.15, 0.2) is 0 Å². The molecule has 1 aromatic rings. The topological polar surface area (TPSA) is 110 Å². The summed E-state index contributed by atoms with van der Waals surface area (Å²) >= 11 is 0.938. The second-order valence-electron chi connectivity index (χ2n) is 4.75. The zero-order chi connectivity index (χ0) is 16.4. The number of methoxy groups -OCH3 is 1. The molecule has 0 amide bonds. The molecule has 1 rings (SSSR count). The van der Waals surface area contributed by atoms with E-state index in [1.165, 1.54) is 12.3 Å². The van der Waals surface area contributed by atoms with Gasteiger partial charge in [0, 0.05) is 0 Å². The van der Waals surface area contributed by atoms with E-state index >= 15 is 0 Å². The van der Waals surface area contributed by atoms with Crippen LogP contribution in [0.4, 0.5) is 0 Å². The lowest BCUT2D eigenvalue weighted by atomic mass is 10.1. The SMILES string of the molecule is COC(=O)c1scc(C)c1S(=O)(=O)N[C@H](C(=O)O)C(C)C. The molecule has 0 radical (unpaired) electrons. The summed E-state index contributed by atoms with van der Waals surface area (Å²) in [6.45, 7) is 4.70. The maximum absolute atomic E-state index is 12.4. The summed E-state index contributed by atoms with van der Waals surface area (Å²) in [5.74, 6) is -2.50. The van der Waals surface area contributed by atoms with Crippen LogP contribution in [0.3, 0.4) is 0 Å². The zero-order valence-corrected chi connectivity index (χ0v) is 13.7. The molecular weight excluding hydrogens is 318 g/mol. The van der Waals surface area contributed by atoms with Crippen LogP contribution in [0.25, 0.3) is 0 Å². The van der Waals surface area contributed by atoms with E-state index in [0.29, 0.717) is 5.56 Å². The number of sulfonamides is 1. The van der Waals surface area contributed by atoms with E-state index in [4.69, 9.17) is 5.11 Å². The highest BCUT2D eigenvalue weighted by molar-refractivity contribution is 7.89. The first-order chi connectivity index (χ1) is 9.61. The Kier molecular flexibility index (Phi) is 5.48. The number of nitrogens with one attached hydrogen (secondary N) is 1. The van der Waals surface area contributed by atoms with Gasteiger partial charge in [0.05, 0.1) is 7.11 Å². The molecule has 1 heterocycles. The van der Waals surface area contributed by atoms with Crippen LogP contribution < -0.4 is 4.72 Å². The van der Waals surface area contributed by atoms with E-state index in [2.05, 4.69) is 9.46 Å². The average molecular weight is 335 g/mol. The van der Waals surface area contributed by atoms with Gasteiger partial charge in [0.25, 0.3) is 0 Å². The Bertz CT molecular complexity index is 647. The van der Waals surface area contributed by atoms with Gasteiger partial charge in [-0.05, 0) is 23.8 Å².